The normalized spacial score (nSPS) is 26.3. The van der Waals surface area contributed by atoms with E-state index in [2.05, 4.69) is 4.98 Å². The summed E-state index contributed by atoms with van der Waals surface area (Å²) in [6, 6.07) is 7.80. The van der Waals surface area contributed by atoms with Crippen molar-refractivity contribution in [2.45, 2.75) is 37.7 Å². The van der Waals surface area contributed by atoms with Gasteiger partial charge >= 0.3 is 0 Å². The van der Waals surface area contributed by atoms with Crippen LogP contribution in [-0.4, -0.2) is 47.2 Å². The first-order valence-corrected chi connectivity index (χ1v) is 9.17. The molecule has 2 aliphatic rings. The molecule has 1 aliphatic carbocycles. The van der Waals surface area contributed by atoms with E-state index >= 15 is 0 Å². The first kappa shape index (κ1) is 15.7. The molecule has 0 radical (unpaired) electrons. The summed E-state index contributed by atoms with van der Waals surface area (Å²) in [6.45, 7) is 1.73. The van der Waals surface area contributed by atoms with Crippen LogP contribution in [0.15, 0.2) is 42.0 Å². The first-order chi connectivity index (χ1) is 11.8. The van der Waals surface area contributed by atoms with Gasteiger partial charge in [0.05, 0.1) is 30.2 Å². The molecular formula is C18H20N2O3S. The van der Waals surface area contributed by atoms with E-state index in [1.165, 1.54) is 11.3 Å². The van der Waals surface area contributed by atoms with Gasteiger partial charge in [-0.3, -0.25) is 9.78 Å². The number of carbonyl (C=O) groups excluding carboxylic acids is 1. The van der Waals surface area contributed by atoms with Gasteiger partial charge in [0.15, 0.2) is 0 Å². The third kappa shape index (κ3) is 3.09. The van der Waals surface area contributed by atoms with Crippen molar-refractivity contribution in [3.8, 4) is 0 Å². The molecule has 1 aliphatic heterocycles. The average molecular weight is 344 g/mol. The summed E-state index contributed by atoms with van der Waals surface area (Å²) in [6.07, 6.45) is 5.43. The number of carbonyl (C=O) groups is 1. The zero-order valence-corrected chi connectivity index (χ0v) is 14.2. The minimum absolute atomic E-state index is 0.0652. The van der Waals surface area contributed by atoms with E-state index in [-0.39, 0.29) is 24.2 Å². The van der Waals surface area contributed by atoms with Crippen molar-refractivity contribution in [2.75, 3.05) is 13.2 Å². The fourth-order valence-corrected chi connectivity index (χ4v) is 4.25. The quantitative estimate of drug-likeness (QED) is 0.856. The molecule has 2 aromatic heterocycles. The van der Waals surface area contributed by atoms with Gasteiger partial charge in [0.2, 0.25) is 0 Å². The van der Waals surface area contributed by atoms with E-state index in [9.17, 15) is 4.79 Å². The molecule has 3 atom stereocenters. The van der Waals surface area contributed by atoms with Crippen molar-refractivity contribution >= 4 is 17.2 Å². The molecule has 4 rings (SSSR count). The number of fused-ring (bicyclic) bond motifs is 2. The van der Waals surface area contributed by atoms with Crippen LogP contribution < -0.4 is 0 Å². The average Bonchev–Trinajstić information content (AvgIpc) is 3.22. The highest BCUT2D eigenvalue weighted by atomic mass is 32.1. The summed E-state index contributed by atoms with van der Waals surface area (Å²) >= 11 is 1.49. The smallest absolute Gasteiger partial charge is 0.264 e. The van der Waals surface area contributed by atoms with Crippen LogP contribution in [0.1, 0.15) is 28.1 Å². The molecule has 1 saturated carbocycles. The van der Waals surface area contributed by atoms with E-state index in [1.807, 2.05) is 34.5 Å². The predicted molar refractivity (Wildman–Crippen MR) is 90.9 cm³/mol. The molecule has 0 N–H and O–H groups in total. The largest absolute Gasteiger partial charge is 0.374 e. The molecule has 2 fully saturated rings. The first-order valence-electron chi connectivity index (χ1n) is 8.29. The SMILES string of the molecule is O=C(c1cccs1)N1CCO[C@H]2CC[C@H]1[C@@H]2OCc1ccncc1. The number of hydrogen-bond acceptors (Lipinski definition) is 5. The molecule has 3 heterocycles. The predicted octanol–water partition coefficient (Wildman–Crippen LogP) is 2.73. The maximum absolute atomic E-state index is 12.8. The number of amides is 1. The molecule has 24 heavy (non-hydrogen) atoms. The zero-order chi connectivity index (χ0) is 16.4. The highest BCUT2D eigenvalue weighted by Crippen LogP contribution is 2.33. The van der Waals surface area contributed by atoms with Crippen LogP contribution >= 0.6 is 11.3 Å². The van der Waals surface area contributed by atoms with Crippen molar-refractivity contribution in [3.63, 3.8) is 0 Å². The van der Waals surface area contributed by atoms with Crippen LogP contribution in [0.5, 0.6) is 0 Å². The van der Waals surface area contributed by atoms with Crippen LogP contribution in [0.4, 0.5) is 0 Å². The number of thiophene rings is 1. The van der Waals surface area contributed by atoms with Crippen LogP contribution in [-0.2, 0) is 16.1 Å². The number of ether oxygens (including phenoxy) is 2. The van der Waals surface area contributed by atoms with Gasteiger partial charge in [-0.15, -0.1) is 11.3 Å². The van der Waals surface area contributed by atoms with Crippen LogP contribution in [0.3, 0.4) is 0 Å². The van der Waals surface area contributed by atoms with Gasteiger partial charge in [-0.2, -0.15) is 0 Å². The lowest BCUT2D eigenvalue weighted by Crippen LogP contribution is -2.46. The Balaban J connectivity index is 1.50. The Morgan fingerprint density at radius 3 is 3.00 bits per heavy atom. The van der Waals surface area contributed by atoms with Crippen molar-refractivity contribution in [3.05, 3.63) is 52.5 Å². The maximum Gasteiger partial charge on any atom is 0.264 e. The van der Waals surface area contributed by atoms with Gasteiger partial charge in [0, 0.05) is 18.9 Å². The zero-order valence-electron chi connectivity index (χ0n) is 13.3. The van der Waals surface area contributed by atoms with Gasteiger partial charge in [-0.25, -0.2) is 0 Å². The number of hydrogen-bond donors (Lipinski definition) is 0. The van der Waals surface area contributed by atoms with Gasteiger partial charge in [-0.1, -0.05) is 6.07 Å². The van der Waals surface area contributed by atoms with Gasteiger partial charge in [0.25, 0.3) is 5.91 Å². The molecule has 1 amide bonds. The molecule has 6 heteroatoms. The van der Waals surface area contributed by atoms with Crippen LogP contribution in [0.25, 0.3) is 0 Å². The molecule has 2 bridgehead atoms. The number of rotatable bonds is 4. The van der Waals surface area contributed by atoms with Crippen molar-refractivity contribution in [1.29, 1.82) is 0 Å². The van der Waals surface area contributed by atoms with Crippen molar-refractivity contribution < 1.29 is 14.3 Å². The summed E-state index contributed by atoms with van der Waals surface area (Å²) in [5.41, 5.74) is 1.09. The Morgan fingerprint density at radius 2 is 2.21 bits per heavy atom. The van der Waals surface area contributed by atoms with Crippen LogP contribution in [0, 0.1) is 0 Å². The summed E-state index contributed by atoms with van der Waals surface area (Å²) in [5.74, 6) is 0.0960. The van der Waals surface area contributed by atoms with Gasteiger partial charge in [0.1, 0.15) is 6.10 Å². The fourth-order valence-electron chi connectivity index (χ4n) is 3.57. The second kappa shape index (κ2) is 7.01. The second-order valence-corrected chi connectivity index (χ2v) is 7.11. The Bertz CT molecular complexity index is 677. The monoisotopic (exact) mass is 344 g/mol. The van der Waals surface area contributed by atoms with E-state index in [4.69, 9.17) is 9.47 Å². The Labute approximate surface area is 145 Å². The Kier molecular flexibility index (Phi) is 4.60. The number of pyridine rings is 1. The summed E-state index contributed by atoms with van der Waals surface area (Å²) in [5, 5.41) is 1.94. The van der Waals surface area contributed by atoms with E-state index in [0.29, 0.717) is 19.8 Å². The molecule has 1 saturated heterocycles. The number of aromatic nitrogens is 1. The molecular weight excluding hydrogens is 324 g/mol. The van der Waals surface area contributed by atoms with Crippen LogP contribution in [0.2, 0.25) is 0 Å². The van der Waals surface area contributed by atoms with E-state index < -0.39 is 0 Å². The third-order valence-corrected chi connectivity index (χ3v) is 5.60. The maximum atomic E-state index is 12.8. The summed E-state index contributed by atoms with van der Waals surface area (Å²) in [4.78, 5) is 19.6. The third-order valence-electron chi connectivity index (χ3n) is 4.74. The fraction of sp³-hybridized carbons (Fsp3) is 0.444. The molecule has 5 nitrogen and oxygen atoms in total. The molecule has 2 aromatic rings. The lowest BCUT2D eigenvalue weighted by Gasteiger charge is -2.31. The number of nitrogens with zero attached hydrogens (tertiary/aromatic N) is 2. The molecule has 0 spiro atoms. The molecule has 126 valence electrons. The van der Waals surface area contributed by atoms with Gasteiger partial charge in [-0.05, 0) is 42.0 Å². The highest BCUT2D eigenvalue weighted by Gasteiger charge is 2.44. The molecule has 0 unspecified atom stereocenters. The van der Waals surface area contributed by atoms with E-state index in [1.54, 1.807) is 12.4 Å². The second-order valence-electron chi connectivity index (χ2n) is 6.16. The topological polar surface area (TPSA) is 51.7 Å². The standard InChI is InChI=1S/C18H20N2O3S/c21-18(16-2-1-11-24-16)20-9-10-22-15-4-3-14(20)17(15)23-12-13-5-7-19-8-6-13/h1-2,5-8,11,14-15,17H,3-4,9-10,12H2/t14-,15-,17-/m0/s1. The highest BCUT2D eigenvalue weighted by molar-refractivity contribution is 7.12. The summed E-state index contributed by atoms with van der Waals surface area (Å²) < 4.78 is 12.2. The lowest BCUT2D eigenvalue weighted by atomic mass is 10.1. The Hall–Kier alpha value is -1.76. The van der Waals surface area contributed by atoms with Crippen molar-refractivity contribution in [1.82, 2.24) is 9.88 Å². The van der Waals surface area contributed by atoms with Gasteiger partial charge < -0.3 is 14.4 Å². The lowest BCUT2D eigenvalue weighted by molar-refractivity contribution is -0.0597. The Morgan fingerprint density at radius 1 is 1.33 bits per heavy atom. The minimum atomic E-state index is -0.0652. The van der Waals surface area contributed by atoms with Crippen molar-refractivity contribution in [2.24, 2.45) is 0 Å². The van der Waals surface area contributed by atoms with E-state index in [0.717, 1.165) is 23.3 Å². The minimum Gasteiger partial charge on any atom is -0.374 e. The molecule has 0 aromatic carbocycles. The summed E-state index contributed by atoms with van der Waals surface area (Å²) in [7, 11) is 0.